The Hall–Kier alpha value is -1.35. The molecule has 1 aliphatic carbocycles. The van der Waals surface area contributed by atoms with Crippen LogP contribution in [-0.4, -0.2) is 11.1 Å². The molecule has 3 heteroatoms. The van der Waals surface area contributed by atoms with Crippen molar-refractivity contribution in [1.29, 1.82) is 0 Å². The number of aliphatic carboxylic acids is 1. The molecular formula is C11H13NO2. The number of hydrogen-bond donors (Lipinski definition) is 2. The third-order valence-electron chi connectivity index (χ3n) is 3.04. The maximum Gasteiger partial charge on any atom is 0.328 e. The lowest BCUT2D eigenvalue weighted by Crippen LogP contribution is -2.42. The highest BCUT2D eigenvalue weighted by molar-refractivity contribution is 5.82. The first-order valence-corrected chi connectivity index (χ1v) is 4.67. The molecule has 0 radical (unpaired) electrons. The zero-order chi connectivity index (χ0) is 10.3. The van der Waals surface area contributed by atoms with E-state index in [1.165, 1.54) is 0 Å². The first kappa shape index (κ1) is 9.21. The van der Waals surface area contributed by atoms with E-state index in [1.54, 1.807) is 0 Å². The number of aryl methyl sites for hydroxylation is 1. The molecule has 0 spiro atoms. The highest BCUT2D eigenvalue weighted by Crippen LogP contribution is 2.36. The second kappa shape index (κ2) is 2.82. The molecule has 1 aromatic rings. The molecular weight excluding hydrogens is 178 g/mol. The van der Waals surface area contributed by atoms with Crippen LogP contribution < -0.4 is 5.73 Å². The molecule has 74 valence electrons. The van der Waals surface area contributed by atoms with Gasteiger partial charge in [0.25, 0.3) is 0 Å². The summed E-state index contributed by atoms with van der Waals surface area (Å²) in [6.07, 6.45) is 1.27. The van der Waals surface area contributed by atoms with Gasteiger partial charge in [0, 0.05) is 0 Å². The van der Waals surface area contributed by atoms with E-state index < -0.39 is 11.5 Å². The summed E-state index contributed by atoms with van der Waals surface area (Å²) in [5, 5.41) is 9.09. The average molecular weight is 191 g/mol. The summed E-state index contributed by atoms with van der Waals surface area (Å²) in [5.41, 5.74) is 7.74. The van der Waals surface area contributed by atoms with Gasteiger partial charge in [0.1, 0.15) is 5.54 Å². The smallest absolute Gasteiger partial charge is 0.328 e. The van der Waals surface area contributed by atoms with E-state index in [-0.39, 0.29) is 0 Å². The Labute approximate surface area is 82.5 Å². The molecule has 0 bridgehead atoms. The summed E-state index contributed by atoms with van der Waals surface area (Å²) in [6.45, 7) is 1.99. The van der Waals surface area contributed by atoms with E-state index in [0.29, 0.717) is 6.42 Å². The van der Waals surface area contributed by atoms with Crippen LogP contribution in [0.4, 0.5) is 0 Å². The molecule has 1 aliphatic rings. The molecule has 14 heavy (non-hydrogen) atoms. The molecule has 3 nitrogen and oxygen atoms in total. The van der Waals surface area contributed by atoms with Gasteiger partial charge in [-0.25, -0.2) is 4.79 Å². The quantitative estimate of drug-likeness (QED) is 0.700. The number of carboxylic acids is 1. The fourth-order valence-electron chi connectivity index (χ4n) is 2.13. The first-order valence-electron chi connectivity index (χ1n) is 4.67. The molecule has 2 rings (SSSR count). The van der Waals surface area contributed by atoms with Gasteiger partial charge in [0.15, 0.2) is 0 Å². The van der Waals surface area contributed by atoms with Gasteiger partial charge >= 0.3 is 5.97 Å². The largest absolute Gasteiger partial charge is 0.480 e. The molecule has 0 heterocycles. The Morgan fingerprint density at radius 1 is 1.57 bits per heavy atom. The summed E-state index contributed by atoms with van der Waals surface area (Å²) in [5.74, 6) is -0.929. The monoisotopic (exact) mass is 191 g/mol. The number of carbonyl (C=O) groups is 1. The average Bonchev–Trinajstić information content (AvgIpc) is 2.47. The van der Waals surface area contributed by atoms with E-state index in [0.717, 1.165) is 23.1 Å². The molecule has 0 amide bonds. The number of carboxylic acid groups (broad SMARTS) is 1. The summed E-state index contributed by atoms with van der Waals surface area (Å²) in [7, 11) is 0. The predicted octanol–water partition coefficient (Wildman–Crippen LogP) is 1.18. The maximum atomic E-state index is 11.1. The molecule has 0 unspecified atom stereocenters. The van der Waals surface area contributed by atoms with Crippen LogP contribution in [0.15, 0.2) is 18.2 Å². The number of benzene rings is 1. The first-order chi connectivity index (χ1) is 6.55. The van der Waals surface area contributed by atoms with Gasteiger partial charge in [0.2, 0.25) is 0 Å². The predicted molar refractivity (Wildman–Crippen MR) is 53.0 cm³/mol. The number of rotatable bonds is 1. The summed E-state index contributed by atoms with van der Waals surface area (Å²) in [4.78, 5) is 11.1. The van der Waals surface area contributed by atoms with Gasteiger partial charge in [-0.2, -0.15) is 0 Å². The van der Waals surface area contributed by atoms with Crippen molar-refractivity contribution in [2.75, 3.05) is 0 Å². The molecule has 0 fully saturated rings. The third kappa shape index (κ3) is 1.06. The summed E-state index contributed by atoms with van der Waals surface area (Å²) < 4.78 is 0. The number of fused-ring (bicyclic) bond motifs is 1. The van der Waals surface area contributed by atoms with Crippen molar-refractivity contribution in [2.45, 2.75) is 25.3 Å². The molecule has 3 N–H and O–H groups in total. The van der Waals surface area contributed by atoms with Crippen molar-refractivity contribution in [2.24, 2.45) is 5.73 Å². The topological polar surface area (TPSA) is 63.3 Å². The van der Waals surface area contributed by atoms with Crippen molar-refractivity contribution < 1.29 is 9.90 Å². The Bertz CT molecular complexity index is 400. The summed E-state index contributed by atoms with van der Waals surface area (Å²) >= 11 is 0. The minimum atomic E-state index is -1.17. The van der Waals surface area contributed by atoms with E-state index in [9.17, 15) is 4.79 Å². The van der Waals surface area contributed by atoms with Crippen LogP contribution in [0.1, 0.15) is 23.1 Å². The Morgan fingerprint density at radius 3 is 2.93 bits per heavy atom. The van der Waals surface area contributed by atoms with Gasteiger partial charge in [-0.15, -0.1) is 0 Å². The van der Waals surface area contributed by atoms with Gasteiger partial charge in [-0.1, -0.05) is 18.2 Å². The Balaban J connectivity index is 2.60. The lowest BCUT2D eigenvalue weighted by Gasteiger charge is -2.19. The van der Waals surface area contributed by atoms with Crippen molar-refractivity contribution in [3.05, 3.63) is 34.9 Å². The summed E-state index contributed by atoms with van der Waals surface area (Å²) in [6, 6.07) is 5.68. The molecule has 1 aromatic carbocycles. The van der Waals surface area contributed by atoms with Crippen LogP contribution in [0.25, 0.3) is 0 Å². The normalized spacial score (nSPS) is 24.7. The number of nitrogens with two attached hydrogens (primary N) is 1. The fourth-order valence-corrected chi connectivity index (χ4v) is 2.13. The van der Waals surface area contributed by atoms with Crippen LogP contribution in [0, 0.1) is 6.92 Å². The lowest BCUT2D eigenvalue weighted by atomic mass is 9.92. The van der Waals surface area contributed by atoms with Crippen molar-refractivity contribution in [3.63, 3.8) is 0 Å². The Morgan fingerprint density at radius 2 is 2.29 bits per heavy atom. The molecule has 1 atom stereocenters. The minimum Gasteiger partial charge on any atom is -0.480 e. The highest BCUT2D eigenvalue weighted by Gasteiger charge is 2.42. The van der Waals surface area contributed by atoms with E-state index in [2.05, 4.69) is 0 Å². The zero-order valence-corrected chi connectivity index (χ0v) is 8.08. The van der Waals surface area contributed by atoms with Crippen LogP contribution in [-0.2, 0) is 16.8 Å². The standard InChI is InChI=1S/C11H13NO2/c1-7-3-2-4-9-8(7)5-6-11(9,12)10(13)14/h2-4H,5-6,12H2,1H3,(H,13,14)/t11-/m0/s1. The maximum absolute atomic E-state index is 11.1. The zero-order valence-electron chi connectivity index (χ0n) is 8.08. The van der Waals surface area contributed by atoms with E-state index >= 15 is 0 Å². The highest BCUT2D eigenvalue weighted by atomic mass is 16.4. The van der Waals surface area contributed by atoms with E-state index in [1.807, 2.05) is 25.1 Å². The van der Waals surface area contributed by atoms with Crippen LogP contribution in [0.2, 0.25) is 0 Å². The minimum absolute atomic E-state index is 0.502. The van der Waals surface area contributed by atoms with Crippen molar-refractivity contribution in [3.8, 4) is 0 Å². The molecule has 0 saturated carbocycles. The molecule has 0 aromatic heterocycles. The van der Waals surface area contributed by atoms with Gasteiger partial charge in [-0.3, -0.25) is 0 Å². The third-order valence-corrected chi connectivity index (χ3v) is 3.04. The van der Waals surface area contributed by atoms with E-state index in [4.69, 9.17) is 10.8 Å². The van der Waals surface area contributed by atoms with Gasteiger partial charge in [0.05, 0.1) is 0 Å². The van der Waals surface area contributed by atoms with Gasteiger partial charge in [-0.05, 0) is 36.5 Å². The molecule has 0 saturated heterocycles. The Kier molecular flexibility index (Phi) is 1.86. The van der Waals surface area contributed by atoms with Crippen LogP contribution in [0.5, 0.6) is 0 Å². The van der Waals surface area contributed by atoms with Crippen LogP contribution in [0.3, 0.4) is 0 Å². The second-order valence-corrected chi connectivity index (χ2v) is 3.88. The van der Waals surface area contributed by atoms with Crippen molar-refractivity contribution in [1.82, 2.24) is 0 Å². The molecule has 0 aliphatic heterocycles. The fraction of sp³-hybridized carbons (Fsp3) is 0.364. The van der Waals surface area contributed by atoms with Crippen LogP contribution >= 0.6 is 0 Å². The second-order valence-electron chi connectivity index (χ2n) is 3.88. The number of hydrogen-bond acceptors (Lipinski definition) is 2. The lowest BCUT2D eigenvalue weighted by molar-refractivity contribution is -0.143. The SMILES string of the molecule is Cc1cccc2c1CC[C@@]2(N)C(=O)O. The van der Waals surface area contributed by atoms with Gasteiger partial charge < -0.3 is 10.8 Å². The van der Waals surface area contributed by atoms with Crippen molar-refractivity contribution >= 4 is 5.97 Å².